The molecule has 28 heavy (non-hydrogen) atoms. The number of H-pyrrole nitrogens is 1. The first-order valence-electron chi connectivity index (χ1n) is 10.0. The number of likely N-dealkylation sites (tertiary alicyclic amines) is 1. The van der Waals surface area contributed by atoms with Crippen molar-refractivity contribution in [3.05, 3.63) is 60.2 Å². The highest BCUT2D eigenvalue weighted by Crippen LogP contribution is 2.22. The van der Waals surface area contributed by atoms with Crippen LogP contribution >= 0.6 is 0 Å². The Hall–Kier alpha value is -2.73. The molecule has 0 saturated carbocycles. The molecule has 1 fully saturated rings. The maximum atomic E-state index is 12.5. The second-order valence-corrected chi connectivity index (χ2v) is 7.67. The zero-order valence-corrected chi connectivity index (χ0v) is 16.3. The number of carbonyl (C=O) groups is 1. The predicted octanol–water partition coefficient (Wildman–Crippen LogP) is 3.44. The molecular weight excluding hydrogens is 350 g/mol. The molecule has 3 aromatic rings. The molecule has 6 heteroatoms. The summed E-state index contributed by atoms with van der Waals surface area (Å²) in [6, 6.07) is 13.8. The van der Waals surface area contributed by atoms with Crippen molar-refractivity contribution in [3.8, 4) is 0 Å². The molecule has 1 amide bonds. The number of fused-ring (bicyclic) bond motifs is 1. The van der Waals surface area contributed by atoms with Gasteiger partial charge in [-0.1, -0.05) is 18.2 Å². The largest absolute Gasteiger partial charge is 0.346 e. The van der Waals surface area contributed by atoms with Gasteiger partial charge in [-0.2, -0.15) is 0 Å². The molecule has 1 aliphatic rings. The molecule has 0 radical (unpaired) electrons. The number of carbonyl (C=O) groups excluding carboxylic acids is 1. The lowest BCUT2D eigenvalue weighted by Crippen LogP contribution is -2.36. The summed E-state index contributed by atoms with van der Waals surface area (Å²) in [4.78, 5) is 27.2. The number of imidazole rings is 1. The van der Waals surface area contributed by atoms with E-state index in [1.54, 1.807) is 0 Å². The van der Waals surface area contributed by atoms with Crippen LogP contribution in [0, 0.1) is 5.92 Å². The van der Waals surface area contributed by atoms with E-state index in [-0.39, 0.29) is 11.9 Å². The van der Waals surface area contributed by atoms with Crippen molar-refractivity contribution in [2.75, 3.05) is 13.1 Å². The van der Waals surface area contributed by atoms with Gasteiger partial charge in [0.05, 0.1) is 22.8 Å². The van der Waals surface area contributed by atoms with Crippen LogP contribution in [0.2, 0.25) is 0 Å². The van der Waals surface area contributed by atoms with Gasteiger partial charge in [0.1, 0.15) is 5.82 Å². The minimum absolute atomic E-state index is 0.108. The Bertz CT molecular complexity index is 882. The highest BCUT2D eigenvalue weighted by molar-refractivity contribution is 5.77. The molecule has 3 heterocycles. The normalized spacial score (nSPS) is 16.9. The molecule has 0 aliphatic carbocycles. The van der Waals surface area contributed by atoms with Crippen molar-refractivity contribution in [3.63, 3.8) is 0 Å². The molecule has 4 rings (SSSR count). The van der Waals surface area contributed by atoms with E-state index in [9.17, 15) is 4.79 Å². The van der Waals surface area contributed by atoms with E-state index in [2.05, 4.69) is 31.2 Å². The summed E-state index contributed by atoms with van der Waals surface area (Å²) in [5.41, 5.74) is 3.04. The highest BCUT2D eigenvalue weighted by Gasteiger charge is 2.23. The molecular formula is C22H27N5O. The summed E-state index contributed by atoms with van der Waals surface area (Å²) >= 11 is 0. The van der Waals surface area contributed by atoms with Gasteiger partial charge in [-0.3, -0.25) is 14.7 Å². The zero-order valence-electron chi connectivity index (χ0n) is 16.3. The van der Waals surface area contributed by atoms with Crippen LogP contribution in [-0.4, -0.2) is 38.8 Å². The number of benzene rings is 1. The summed E-state index contributed by atoms with van der Waals surface area (Å²) in [7, 11) is 0. The van der Waals surface area contributed by atoms with Crippen LogP contribution in [0.3, 0.4) is 0 Å². The number of piperidine rings is 1. The first kappa shape index (κ1) is 18.6. The van der Waals surface area contributed by atoms with E-state index in [1.807, 2.05) is 49.5 Å². The number of hydrogen-bond acceptors (Lipinski definition) is 4. The van der Waals surface area contributed by atoms with E-state index < -0.39 is 0 Å². The fraction of sp³-hybridized carbons (Fsp3) is 0.409. The van der Waals surface area contributed by atoms with Gasteiger partial charge in [0.2, 0.25) is 5.91 Å². The first-order chi connectivity index (χ1) is 13.7. The monoisotopic (exact) mass is 377 g/mol. The number of aromatic amines is 1. The molecule has 2 N–H and O–H groups in total. The average molecular weight is 377 g/mol. The molecule has 2 aromatic heterocycles. The topological polar surface area (TPSA) is 73.9 Å². The van der Waals surface area contributed by atoms with Crippen molar-refractivity contribution in [2.24, 2.45) is 5.92 Å². The number of amides is 1. The van der Waals surface area contributed by atoms with Gasteiger partial charge in [0.15, 0.2) is 0 Å². The predicted molar refractivity (Wildman–Crippen MR) is 110 cm³/mol. The minimum Gasteiger partial charge on any atom is -0.346 e. The molecule has 6 nitrogen and oxygen atoms in total. The number of para-hydroxylation sites is 2. The van der Waals surface area contributed by atoms with Gasteiger partial charge in [-0.05, 0) is 63.0 Å². The molecule has 1 atom stereocenters. The lowest BCUT2D eigenvalue weighted by molar-refractivity contribution is -0.123. The number of nitrogens with zero attached hydrogens (tertiary/aromatic N) is 3. The third-order valence-electron chi connectivity index (χ3n) is 5.49. The van der Waals surface area contributed by atoms with Gasteiger partial charge in [0.25, 0.3) is 0 Å². The van der Waals surface area contributed by atoms with Gasteiger partial charge in [-0.15, -0.1) is 0 Å². The van der Waals surface area contributed by atoms with Crippen LogP contribution in [-0.2, 0) is 11.3 Å². The summed E-state index contributed by atoms with van der Waals surface area (Å²) < 4.78 is 0. The molecule has 1 saturated heterocycles. The second kappa shape index (κ2) is 8.52. The Morgan fingerprint density at radius 3 is 2.75 bits per heavy atom. The standard InChI is InChI=1S/C22H27N5O/c1-16(22-25-19-7-2-3-8-20(19)26-22)24-21(28)14-17-9-12-27(13-10-17)15-18-6-4-5-11-23-18/h2-8,11,16-17H,9-10,12-15H2,1H3,(H,24,28)(H,25,26)/t16-/m1/s1. The average Bonchev–Trinajstić information content (AvgIpc) is 3.15. The number of aromatic nitrogens is 3. The van der Waals surface area contributed by atoms with E-state index in [0.29, 0.717) is 12.3 Å². The van der Waals surface area contributed by atoms with Gasteiger partial charge in [-0.25, -0.2) is 4.98 Å². The summed E-state index contributed by atoms with van der Waals surface area (Å²) in [6.07, 6.45) is 4.54. The Morgan fingerprint density at radius 2 is 2.00 bits per heavy atom. The maximum Gasteiger partial charge on any atom is 0.220 e. The third-order valence-corrected chi connectivity index (χ3v) is 5.49. The van der Waals surface area contributed by atoms with Crippen molar-refractivity contribution < 1.29 is 4.79 Å². The second-order valence-electron chi connectivity index (χ2n) is 7.67. The summed E-state index contributed by atoms with van der Waals surface area (Å²) in [5.74, 6) is 1.36. The number of pyridine rings is 1. The molecule has 0 bridgehead atoms. The van der Waals surface area contributed by atoms with Crippen molar-refractivity contribution in [1.29, 1.82) is 0 Å². The van der Waals surface area contributed by atoms with E-state index in [0.717, 1.165) is 55.0 Å². The quantitative estimate of drug-likeness (QED) is 0.690. The van der Waals surface area contributed by atoms with Crippen molar-refractivity contribution >= 4 is 16.9 Å². The molecule has 0 unspecified atom stereocenters. The third kappa shape index (κ3) is 4.57. The van der Waals surface area contributed by atoms with Crippen molar-refractivity contribution in [1.82, 2.24) is 25.2 Å². The molecule has 1 aliphatic heterocycles. The Labute approximate surface area is 165 Å². The molecule has 0 spiro atoms. The Kier molecular flexibility index (Phi) is 5.67. The Morgan fingerprint density at radius 1 is 1.21 bits per heavy atom. The summed E-state index contributed by atoms with van der Waals surface area (Å²) in [6.45, 7) is 4.91. The number of rotatable bonds is 6. The van der Waals surface area contributed by atoms with Gasteiger partial charge in [0, 0.05) is 19.2 Å². The summed E-state index contributed by atoms with van der Waals surface area (Å²) in [5, 5.41) is 3.10. The first-order valence-corrected chi connectivity index (χ1v) is 10.0. The van der Waals surface area contributed by atoms with E-state index in [1.165, 1.54) is 0 Å². The lowest BCUT2D eigenvalue weighted by atomic mass is 9.93. The maximum absolute atomic E-state index is 12.5. The van der Waals surface area contributed by atoms with Crippen LogP contribution in [0.5, 0.6) is 0 Å². The Balaban J connectivity index is 1.24. The van der Waals surface area contributed by atoms with Crippen molar-refractivity contribution in [2.45, 2.75) is 38.8 Å². The van der Waals surface area contributed by atoms with Crippen LogP contribution in [0.4, 0.5) is 0 Å². The number of hydrogen-bond donors (Lipinski definition) is 2. The number of nitrogens with one attached hydrogen (secondary N) is 2. The fourth-order valence-corrected chi connectivity index (χ4v) is 3.88. The molecule has 146 valence electrons. The minimum atomic E-state index is -0.121. The van der Waals surface area contributed by atoms with E-state index >= 15 is 0 Å². The van der Waals surface area contributed by atoms with Crippen LogP contribution in [0.25, 0.3) is 11.0 Å². The van der Waals surface area contributed by atoms with Crippen LogP contribution < -0.4 is 5.32 Å². The lowest BCUT2D eigenvalue weighted by Gasteiger charge is -2.31. The van der Waals surface area contributed by atoms with Gasteiger partial charge < -0.3 is 10.3 Å². The zero-order chi connectivity index (χ0) is 19.3. The van der Waals surface area contributed by atoms with E-state index in [4.69, 9.17) is 0 Å². The SMILES string of the molecule is C[C@@H](NC(=O)CC1CCN(Cc2ccccn2)CC1)c1nc2ccccc2[nH]1. The molecule has 1 aromatic carbocycles. The van der Waals surface area contributed by atoms with Gasteiger partial charge >= 0.3 is 0 Å². The van der Waals surface area contributed by atoms with Crippen LogP contribution in [0.1, 0.15) is 43.7 Å². The van der Waals surface area contributed by atoms with Crippen LogP contribution in [0.15, 0.2) is 48.7 Å². The smallest absolute Gasteiger partial charge is 0.220 e. The highest BCUT2D eigenvalue weighted by atomic mass is 16.1. The fourth-order valence-electron chi connectivity index (χ4n) is 3.88.